The molecule has 1 aliphatic heterocycles. The highest BCUT2D eigenvalue weighted by Gasteiger charge is 2.29. The van der Waals surface area contributed by atoms with Gasteiger partial charge in [-0.05, 0) is 35.0 Å². The summed E-state index contributed by atoms with van der Waals surface area (Å²) in [7, 11) is 0. The van der Waals surface area contributed by atoms with Crippen LogP contribution < -0.4 is 5.32 Å². The van der Waals surface area contributed by atoms with Gasteiger partial charge in [-0.25, -0.2) is 9.59 Å². The van der Waals surface area contributed by atoms with Crippen molar-refractivity contribution in [2.75, 3.05) is 18.5 Å². The van der Waals surface area contributed by atoms with E-state index in [0.29, 0.717) is 15.7 Å². The van der Waals surface area contributed by atoms with E-state index in [1.807, 2.05) is 0 Å². The molecule has 0 fully saturated rings. The molecule has 0 amide bonds. The number of hydrogen-bond donors (Lipinski definition) is 1. The third-order valence-corrected chi connectivity index (χ3v) is 3.17. The molecule has 6 heteroatoms. The third kappa shape index (κ3) is 2.48. The van der Waals surface area contributed by atoms with Gasteiger partial charge in [0.1, 0.15) is 6.61 Å². The summed E-state index contributed by atoms with van der Waals surface area (Å²) >= 11 is 3.34. The molecule has 0 bridgehead atoms. The number of benzene rings is 1. The molecular weight excluding hydrogens is 302 g/mol. The molecule has 1 unspecified atom stereocenters. The van der Waals surface area contributed by atoms with E-state index in [1.54, 1.807) is 25.1 Å². The highest BCUT2D eigenvalue weighted by Crippen LogP contribution is 2.29. The summed E-state index contributed by atoms with van der Waals surface area (Å²) in [5.41, 5.74) is 0.953. The highest BCUT2D eigenvalue weighted by molar-refractivity contribution is 9.10. The molecule has 18 heavy (non-hydrogen) atoms. The minimum atomic E-state index is -0.686. The Morgan fingerprint density at radius 2 is 2.39 bits per heavy atom. The summed E-state index contributed by atoms with van der Waals surface area (Å²) in [5.74, 6) is -0.889. The molecule has 1 heterocycles. The average Bonchev–Trinajstić information content (AvgIpc) is 2.51. The Morgan fingerprint density at radius 3 is 3.11 bits per heavy atom. The van der Waals surface area contributed by atoms with Gasteiger partial charge >= 0.3 is 11.9 Å². The number of cyclic esters (lactones) is 1. The zero-order valence-corrected chi connectivity index (χ0v) is 11.3. The number of ether oxygens (including phenoxy) is 2. The Morgan fingerprint density at radius 1 is 1.61 bits per heavy atom. The predicted octanol–water partition coefficient (Wildman–Crippen LogP) is 1.96. The molecule has 1 aromatic carbocycles. The van der Waals surface area contributed by atoms with E-state index in [9.17, 15) is 9.59 Å². The molecule has 1 atom stereocenters. The van der Waals surface area contributed by atoms with Crippen LogP contribution in [0.25, 0.3) is 0 Å². The number of halogens is 1. The van der Waals surface area contributed by atoms with Crippen molar-refractivity contribution in [3.63, 3.8) is 0 Å². The third-order valence-electron chi connectivity index (χ3n) is 2.50. The normalized spacial score (nSPS) is 18.1. The lowest BCUT2D eigenvalue weighted by atomic mass is 10.1. The molecule has 0 spiro atoms. The van der Waals surface area contributed by atoms with Crippen molar-refractivity contribution in [1.82, 2.24) is 0 Å². The molecule has 0 saturated heterocycles. The van der Waals surface area contributed by atoms with Crippen molar-refractivity contribution in [2.24, 2.45) is 0 Å². The Balaban J connectivity index is 2.32. The van der Waals surface area contributed by atoms with E-state index in [4.69, 9.17) is 9.47 Å². The predicted molar refractivity (Wildman–Crippen MR) is 68.5 cm³/mol. The van der Waals surface area contributed by atoms with Crippen LogP contribution >= 0.6 is 15.9 Å². The Bertz CT molecular complexity index is 489. The van der Waals surface area contributed by atoms with Gasteiger partial charge < -0.3 is 14.8 Å². The maximum atomic E-state index is 11.7. The molecule has 0 saturated carbocycles. The fraction of sp³-hybridized carbons (Fsp3) is 0.333. The van der Waals surface area contributed by atoms with Gasteiger partial charge in [0, 0.05) is 4.47 Å². The van der Waals surface area contributed by atoms with Crippen LogP contribution in [-0.2, 0) is 14.3 Å². The van der Waals surface area contributed by atoms with Crippen LogP contribution in [0.15, 0.2) is 22.7 Å². The van der Waals surface area contributed by atoms with Gasteiger partial charge in [0.05, 0.1) is 17.9 Å². The highest BCUT2D eigenvalue weighted by atomic mass is 79.9. The second-order valence-corrected chi connectivity index (χ2v) is 4.56. The zero-order valence-electron chi connectivity index (χ0n) is 9.73. The minimum Gasteiger partial charge on any atom is -0.464 e. The number of carbonyl (C=O) groups excluding carboxylic acids is 2. The van der Waals surface area contributed by atoms with E-state index in [1.165, 1.54) is 0 Å². The van der Waals surface area contributed by atoms with Crippen LogP contribution in [0.5, 0.6) is 0 Å². The molecule has 0 aromatic heterocycles. The molecule has 0 radical (unpaired) electrons. The van der Waals surface area contributed by atoms with Crippen LogP contribution in [0.2, 0.25) is 0 Å². The Kier molecular flexibility index (Phi) is 3.86. The van der Waals surface area contributed by atoms with Gasteiger partial charge in [0.15, 0.2) is 6.04 Å². The molecule has 1 aliphatic rings. The molecule has 1 aromatic rings. The Hall–Kier alpha value is -1.56. The number of rotatable bonds is 2. The lowest BCUT2D eigenvalue weighted by molar-refractivity contribution is -0.144. The first-order chi connectivity index (χ1) is 8.63. The van der Waals surface area contributed by atoms with Crippen LogP contribution in [0, 0.1) is 0 Å². The maximum absolute atomic E-state index is 11.7. The maximum Gasteiger partial charge on any atom is 0.340 e. The number of hydrogen-bond acceptors (Lipinski definition) is 5. The number of carbonyl (C=O) groups is 2. The second kappa shape index (κ2) is 5.39. The summed E-state index contributed by atoms with van der Waals surface area (Å²) in [4.78, 5) is 23.4. The van der Waals surface area contributed by atoms with Crippen molar-refractivity contribution in [3.8, 4) is 0 Å². The van der Waals surface area contributed by atoms with E-state index in [2.05, 4.69) is 21.2 Å². The van der Waals surface area contributed by atoms with Crippen LogP contribution in [0.3, 0.4) is 0 Å². The number of nitrogens with one attached hydrogen (secondary N) is 1. The SMILES string of the molecule is CCOC(=O)C1COC(=O)c2cccc(Br)c2N1. The lowest BCUT2D eigenvalue weighted by Gasteiger charge is -2.15. The molecule has 0 aliphatic carbocycles. The van der Waals surface area contributed by atoms with Gasteiger partial charge in [-0.3, -0.25) is 0 Å². The van der Waals surface area contributed by atoms with E-state index < -0.39 is 18.0 Å². The number of esters is 2. The quantitative estimate of drug-likeness (QED) is 0.846. The second-order valence-electron chi connectivity index (χ2n) is 3.71. The summed E-state index contributed by atoms with van der Waals surface area (Å²) in [6, 6.07) is 4.47. The first kappa shape index (κ1) is 12.9. The first-order valence-corrected chi connectivity index (χ1v) is 6.31. The first-order valence-electron chi connectivity index (χ1n) is 5.52. The van der Waals surface area contributed by atoms with Gasteiger partial charge in [-0.2, -0.15) is 0 Å². The van der Waals surface area contributed by atoms with Crippen molar-refractivity contribution in [2.45, 2.75) is 13.0 Å². The van der Waals surface area contributed by atoms with E-state index >= 15 is 0 Å². The molecule has 96 valence electrons. The number of anilines is 1. The fourth-order valence-electron chi connectivity index (χ4n) is 1.66. The van der Waals surface area contributed by atoms with E-state index in [-0.39, 0.29) is 13.2 Å². The summed E-state index contributed by atoms with van der Waals surface area (Å²) in [6.07, 6.45) is 0. The number of para-hydroxylation sites is 1. The van der Waals surface area contributed by atoms with Crippen LogP contribution in [0.4, 0.5) is 5.69 Å². The smallest absolute Gasteiger partial charge is 0.340 e. The van der Waals surface area contributed by atoms with Crippen molar-refractivity contribution >= 4 is 33.6 Å². The van der Waals surface area contributed by atoms with Gasteiger partial charge in [-0.1, -0.05) is 6.07 Å². The topological polar surface area (TPSA) is 64.6 Å². The molecule has 2 rings (SSSR count). The monoisotopic (exact) mass is 313 g/mol. The Labute approximate surface area is 113 Å². The van der Waals surface area contributed by atoms with Crippen LogP contribution in [-0.4, -0.2) is 31.2 Å². The number of fused-ring (bicyclic) bond motifs is 1. The fourth-order valence-corrected chi connectivity index (χ4v) is 2.14. The van der Waals surface area contributed by atoms with Gasteiger partial charge in [0.25, 0.3) is 0 Å². The van der Waals surface area contributed by atoms with Crippen molar-refractivity contribution in [3.05, 3.63) is 28.2 Å². The molecule has 1 N–H and O–H groups in total. The average molecular weight is 314 g/mol. The van der Waals surface area contributed by atoms with Gasteiger partial charge in [0.2, 0.25) is 0 Å². The van der Waals surface area contributed by atoms with Crippen molar-refractivity contribution in [1.29, 1.82) is 0 Å². The summed E-state index contributed by atoms with van der Waals surface area (Å²) < 4.78 is 10.7. The van der Waals surface area contributed by atoms with E-state index in [0.717, 1.165) is 0 Å². The molecular formula is C12H12BrNO4. The standard InChI is InChI=1S/C12H12BrNO4/c1-2-17-12(16)9-6-18-11(15)7-4-3-5-8(13)10(7)14-9/h3-5,9,14H,2,6H2,1H3. The summed E-state index contributed by atoms with van der Waals surface area (Å²) in [5, 5.41) is 2.98. The minimum absolute atomic E-state index is 0.0429. The lowest BCUT2D eigenvalue weighted by Crippen LogP contribution is -2.34. The largest absolute Gasteiger partial charge is 0.464 e. The van der Waals surface area contributed by atoms with Crippen LogP contribution in [0.1, 0.15) is 17.3 Å². The molecule has 5 nitrogen and oxygen atoms in total. The van der Waals surface area contributed by atoms with Gasteiger partial charge in [-0.15, -0.1) is 0 Å². The zero-order chi connectivity index (χ0) is 13.1. The summed E-state index contributed by atoms with van der Waals surface area (Å²) in [6.45, 7) is 1.97. The van der Waals surface area contributed by atoms with Crippen molar-refractivity contribution < 1.29 is 19.1 Å².